The first kappa shape index (κ1) is 20.7. The van der Waals surface area contributed by atoms with E-state index in [1.807, 2.05) is 0 Å². The van der Waals surface area contributed by atoms with E-state index in [1.165, 1.54) is 7.11 Å². The van der Waals surface area contributed by atoms with Gasteiger partial charge in [-0.25, -0.2) is 13.1 Å². The molecule has 0 aliphatic heterocycles. The van der Waals surface area contributed by atoms with Gasteiger partial charge in [0.15, 0.2) is 11.5 Å². The summed E-state index contributed by atoms with van der Waals surface area (Å²) in [7, 11) is -0.385. The van der Waals surface area contributed by atoms with Crippen LogP contribution in [-0.2, 0) is 21.2 Å². The molecule has 0 unspecified atom stereocenters. The molecule has 0 saturated carbocycles. The van der Waals surface area contributed by atoms with Gasteiger partial charge in [-0.05, 0) is 36.2 Å². The summed E-state index contributed by atoms with van der Waals surface area (Å²) in [6, 6.07) is 11.7. The molecule has 0 saturated heterocycles. The van der Waals surface area contributed by atoms with Crippen LogP contribution in [0.25, 0.3) is 0 Å². The molecule has 0 aliphatic carbocycles. The first-order valence-electron chi connectivity index (χ1n) is 8.50. The molecular weight excluding hydrogens is 368 g/mol. The van der Waals surface area contributed by atoms with Gasteiger partial charge >= 0.3 is 0 Å². The van der Waals surface area contributed by atoms with Gasteiger partial charge in [-0.3, -0.25) is 4.79 Å². The predicted molar refractivity (Wildman–Crippen MR) is 104 cm³/mol. The van der Waals surface area contributed by atoms with Crippen LogP contribution >= 0.6 is 0 Å². The molecule has 1 amide bonds. The number of carbonyl (C=O) groups excluding carboxylic acids is 1. The van der Waals surface area contributed by atoms with Crippen molar-refractivity contribution in [3.05, 3.63) is 48.0 Å². The molecule has 0 heterocycles. The molecule has 0 radical (unpaired) electrons. The average Bonchev–Trinajstić information content (AvgIpc) is 2.66. The highest BCUT2D eigenvalue weighted by Gasteiger charge is 2.12. The lowest BCUT2D eigenvalue weighted by Gasteiger charge is -2.11. The number of anilines is 1. The molecule has 2 aromatic rings. The minimum Gasteiger partial charge on any atom is -0.493 e. The van der Waals surface area contributed by atoms with E-state index in [0.29, 0.717) is 30.2 Å². The summed E-state index contributed by atoms with van der Waals surface area (Å²) in [5, 5.41) is 2.81. The van der Waals surface area contributed by atoms with E-state index in [0.717, 1.165) is 5.56 Å². The van der Waals surface area contributed by atoms with E-state index < -0.39 is 10.0 Å². The first-order valence-corrected chi connectivity index (χ1v) is 9.98. The first-order chi connectivity index (χ1) is 12.9. The summed E-state index contributed by atoms with van der Waals surface area (Å²) in [6.45, 7) is 2.06. The van der Waals surface area contributed by atoms with Crippen LogP contribution in [0.4, 0.5) is 5.69 Å². The second kappa shape index (κ2) is 9.38. The van der Waals surface area contributed by atoms with Gasteiger partial charge in [-0.2, -0.15) is 0 Å². The summed E-state index contributed by atoms with van der Waals surface area (Å²) < 4.78 is 36.7. The number of amides is 1. The lowest BCUT2D eigenvalue weighted by molar-refractivity contribution is -0.116. The maximum Gasteiger partial charge on any atom is 0.240 e. The standard InChI is InChI=1S/C19H24N2O5S/c1-4-20-27(23,24)16-9-5-14(6-10-16)7-12-19(22)21-15-8-11-17(25-2)18(13-15)26-3/h5-6,8-11,13,20H,4,7,12H2,1-3H3,(H,21,22). The molecule has 2 N–H and O–H groups in total. The fraction of sp³-hybridized carbons (Fsp3) is 0.316. The van der Waals surface area contributed by atoms with Crippen molar-refractivity contribution < 1.29 is 22.7 Å². The smallest absolute Gasteiger partial charge is 0.240 e. The van der Waals surface area contributed by atoms with E-state index in [2.05, 4.69) is 10.0 Å². The normalized spacial score (nSPS) is 11.1. The Kier molecular flexibility index (Phi) is 7.20. The Bertz CT molecular complexity index is 879. The third-order valence-corrected chi connectivity index (χ3v) is 5.44. The number of sulfonamides is 1. The predicted octanol–water partition coefficient (Wildman–Crippen LogP) is 2.57. The Morgan fingerprint density at radius 1 is 1.00 bits per heavy atom. The maximum atomic E-state index is 12.2. The monoisotopic (exact) mass is 392 g/mol. The van der Waals surface area contributed by atoms with Crippen molar-refractivity contribution in [2.45, 2.75) is 24.7 Å². The van der Waals surface area contributed by atoms with Gasteiger partial charge in [0.25, 0.3) is 0 Å². The molecule has 146 valence electrons. The molecule has 7 nitrogen and oxygen atoms in total. The van der Waals surface area contributed by atoms with Crippen LogP contribution in [0.1, 0.15) is 18.9 Å². The minimum absolute atomic E-state index is 0.147. The Labute approximate surface area is 159 Å². The minimum atomic E-state index is -3.46. The number of ether oxygens (including phenoxy) is 2. The number of rotatable bonds is 9. The van der Waals surface area contributed by atoms with E-state index in [-0.39, 0.29) is 17.2 Å². The van der Waals surface area contributed by atoms with E-state index in [1.54, 1.807) is 56.5 Å². The number of nitrogens with one attached hydrogen (secondary N) is 2. The zero-order chi connectivity index (χ0) is 19.9. The van der Waals surface area contributed by atoms with Gasteiger partial charge in [0, 0.05) is 24.7 Å². The van der Waals surface area contributed by atoms with Gasteiger partial charge in [-0.1, -0.05) is 19.1 Å². The Morgan fingerprint density at radius 2 is 1.67 bits per heavy atom. The van der Waals surface area contributed by atoms with Crippen molar-refractivity contribution in [1.82, 2.24) is 4.72 Å². The zero-order valence-electron chi connectivity index (χ0n) is 15.6. The molecule has 8 heteroatoms. The highest BCUT2D eigenvalue weighted by molar-refractivity contribution is 7.89. The summed E-state index contributed by atoms with van der Waals surface area (Å²) in [6.07, 6.45) is 0.772. The van der Waals surface area contributed by atoms with Gasteiger partial charge in [-0.15, -0.1) is 0 Å². The quantitative estimate of drug-likeness (QED) is 0.684. The highest BCUT2D eigenvalue weighted by atomic mass is 32.2. The maximum absolute atomic E-state index is 12.2. The fourth-order valence-electron chi connectivity index (χ4n) is 2.50. The van der Waals surface area contributed by atoms with E-state index in [9.17, 15) is 13.2 Å². The van der Waals surface area contributed by atoms with Crippen LogP contribution in [0.3, 0.4) is 0 Å². The van der Waals surface area contributed by atoms with Gasteiger partial charge in [0.05, 0.1) is 19.1 Å². The third kappa shape index (κ3) is 5.70. The van der Waals surface area contributed by atoms with Crippen molar-refractivity contribution in [3.63, 3.8) is 0 Å². The number of hydrogen-bond donors (Lipinski definition) is 2. The molecule has 27 heavy (non-hydrogen) atoms. The van der Waals surface area contributed by atoms with Crippen LogP contribution in [0.2, 0.25) is 0 Å². The van der Waals surface area contributed by atoms with Gasteiger partial charge in [0.1, 0.15) is 0 Å². The molecule has 0 aromatic heterocycles. The topological polar surface area (TPSA) is 93.7 Å². The number of carbonyl (C=O) groups is 1. The SMILES string of the molecule is CCNS(=O)(=O)c1ccc(CCC(=O)Nc2ccc(OC)c(OC)c2)cc1. The van der Waals surface area contributed by atoms with Gasteiger partial charge < -0.3 is 14.8 Å². The fourth-order valence-corrected chi connectivity index (χ4v) is 3.55. The molecular formula is C19H24N2O5S. The van der Waals surface area contributed by atoms with Crippen molar-refractivity contribution >= 4 is 21.6 Å². The molecule has 0 aliphatic rings. The molecule has 2 rings (SSSR count). The highest BCUT2D eigenvalue weighted by Crippen LogP contribution is 2.29. The summed E-state index contributed by atoms with van der Waals surface area (Å²) in [4.78, 5) is 12.4. The average molecular weight is 392 g/mol. The number of hydrogen-bond acceptors (Lipinski definition) is 5. The van der Waals surface area contributed by atoms with Crippen LogP contribution in [0, 0.1) is 0 Å². The number of benzene rings is 2. The Morgan fingerprint density at radius 3 is 2.26 bits per heavy atom. The molecule has 2 aromatic carbocycles. The number of aryl methyl sites for hydroxylation is 1. The van der Waals surface area contributed by atoms with Crippen LogP contribution in [-0.4, -0.2) is 35.1 Å². The van der Waals surface area contributed by atoms with Crippen molar-refractivity contribution in [2.24, 2.45) is 0 Å². The zero-order valence-corrected chi connectivity index (χ0v) is 16.4. The van der Waals surface area contributed by atoms with Crippen LogP contribution in [0.5, 0.6) is 11.5 Å². The van der Waals surface area contributed by atoms with Crippen molar-refractivity contribution in [2.75, 3.05) is 26.1 Å². The van der Waals surface area contributed by atoms with Crippen LogP contribution in [0.15, 0.2) is 47.4 Å². The van der Waals surface area contributed by atoms with E-state index in [4.69, 9.17) is 9.47 Å². The molecule has 0 bridgehead atoms. The lowest BCUT2D eigenvalue weighted by atomic mass is 10.1. The van der Waals surface area contributed by atoms with Crippen LogP contribution < -0.4 is 19.5 Å². The summed E-state index contributed by atoms with van der Waals surface area (Å²) in [5.74, 6) is 0.974. The lowest BCUT2D eigenvalue weighted by Crippen LogP contribution is -2.23. The molecule has 0 atom stereocenters. The van der Waals surface area contributed by atoms with Crippen molar-refractivity contribution in [3.8, 4) is 11.5 Å². The molecule has 0 spiro atoms. The second-order valence-electron chi connectivity index (χ2n) is 5.76. The van der Waals surface area contributed by atoms with Crippen molar-refractivity contribution in [1.29, 1.82) is 0 Å². The molecule has 0 fully saturated rings. The Hall–Kier alpha value is -2.58. The second-order valence-corrected chi connectivity index (χ2v) is 7.53. The third-order valence-electron chi connectivity index (χ3n) is 3.88. The Balaban J connectivity index is 1.94. The summed E-state index contributed by atoms with van der Waals surface area (Å²) in [5.41, 5.74) is 1.50. The van der Waals surface area contributed by atoms with E-state index >= 15 is 0 Å². The number of methoxy groups -OCH3 is 2. The van der Waals surface area contributed by atoms with Gasteiger partial charge in [0.2, 0.25) is 15.9 Å². The summed E-state index contributed by atoms with van der Waals surface area (Å²) >= 11 is 0. The largest absolute Gasteiger partial charge is 0.493 e.